The first-order chi connectivity index (χ1) is 9.72. The molecular weight excluding hydrogens is 256 g/mol. The van der Waals surface area contributed by atoms with Crippen LogP contribution in [0, 0.1) is 0 Å². The second-order valence-electron chi connectivity index (χ2n) is 8.10. The number of aryl methyl sites for hydroxylation is 1. The number of unbranched alkanes of at least 4 members (excludes halogenated alkanes) is 3. The van der Waals surface area contributed by atoms with E-state index in [-0.39, 0.29) is 10.8 Å². The molecule has 2 heteroatoms. The van der Waals surface area contributed by atoms with Gasteiger partial charge >= 0.3 is 0 Å². The van der Waals surface area contributed by atoms with E-state index in [0.717, 1.165) is 6.42 Å². The van der Waals surface area contributed by atoms with Gasteiger partial charge in [0.05, 0.1) is 5.69 Å². The minimum Gasteiger partial charge on any atom is -0.345 e. The van der Waals surface area contributed by atoms with Crippen molar-refractivity contribution in [3.63, 3.8) is 0 Å². The number of aromatic amines is 1. The van der Waals surface area contributed by atoms with Gasteiger partial charge in [-0.25, -0.2) is 4.98 Å². The molecule has 21 heavy (non-hydrogen) atoms. The molecule has 0 aliphatic carbocycles. The van der Waals surface area contributed by atoms with Crippen LogP contribution in [0.25, 0.3) is 0 Å². The van der Waals surface area contributed by atoms with Gasteiger partial charge in [0.2, 0.25) is 0 Å². The lowest BCUT2D eigenvalue weighted by Crippen LogP contribution is -2.24. The average Bonchev–Trinajstić information content (AvgIpc) is 2.82. The van der Waals surface area contributed by atoms with Crippen molar-refractivity contribution in [1.82, 2.24) is 9.97 Å². The van der Waals surface area contributed by atoms with Crippen molar-refractivity contribution in [1.29, 1.82) is 0 Å². The largest absolute Gasteiger partial charge is 0.345 e. The molecule has 0 spiro atoms. The molecule has 122 valence electrons. The zero-order valence-electron chi connectivity index (χ0n) is 15.4. The molecule has 0 bridgehead atoms. The lowest BCUT2D eigenvalue weighted by molar-refractivity contribution is 0.430. The molecular formula is C19H36N2. The van der Waals surface area contributed by atoms with Gasteiger partial charge in [0.25, 0.3) is 0 Å². The van der Waals surface area contributed by atoms with Crippen molar-refractivity contribution >= 4 is 0 Å². The van der Waals surface area contributed by atoms with E-state index in [9.17, 15) is 0 Å². The highest BCUT2D eigenvalue weighted by molar-refractivity contribution is 5.28. The molecule has 1 heterocycles. The summed E-state index contributed by atoms with van der Waals surface area (Å²) in [7, 11) is 0. The third-order valence-electron chi connectivity index (χ3n) is 4.31. The minimum atomic E-state index is 0.109. The predicted molar refractivity (Wildman–Crippen MR) is 93.1 cm³/mol. The van der Waals surface area contributed by atoms with E-state index in [4.69, 9.17) is 4.98 Å². The third kappa shape index (κ3) is 5.16. The van der Waals surface area contributed by atoms with Gasteiger partial charge in [0.1, 0.15) is 5.82 Å². The van der Waals surface area contributed by atoms with Crippen molar-refractivity contribution in [2.24, 2.45) is 0 Å². The quantitative estimate of drug-likeness (QED) is 0.593. The molecule has 2 nitrogen and oxygen atoms in total. The van der Waals surface area contributed by atoms with Gasteiger partial charge < -0.3 is 4.98 Å². The summed E-state index contributed by atoms with van der Waals surface area (Å²) in [5.41, 5.74) is 2.94. The average molecular weight is 293 g/mol. The van der Waals surface area contributed by atoms with Crippen molar-refractivity contribution in [3.05, 3.63) is 17.2 Å². The Labute approximate surface area is 132 Å². The minimum absolute atomic E-state index is 0.109. The Bertz CT molecular complexity index is 421. The summed E-state index contributed by atoms with van der Waals surface area (Å²) in [4.78, 5) is 8.66. The Hall–Kier alpha value is -0.790. The van der Waals surface area contributed by atoms with E-state index in [0.29, 0.717) is 0 Å². The molecule has 0 unspecified atom stereocenters. The van der Waals surface area contributed by atoms with Crippen molar-refractivity contribution in [2.75, 3.05) is 0 Å². The van der Waals surface area contributed by atoms with Crippen LogP contribution in [0.1, 0.15) is 104 Å². The van der Waals surface area contributed by atoms with Crippen LogP contribution >= 0.6 is 0 Å². The number of nitrogens with zero attached hydrogens (tertiary/aromatic N) is 1. The summed E-state index contributed by atoms with van der Waals surface area (Å²) in [6.45, 7) is 16.1. The highest BCUT2D eigenvalue weighted by atomic mass is 15.0. The summed E-state index contributed by atoms with van der Waals surface area (Å²) in [5, 5.41) is 0. The highest BCUT2D eigenvalue weighted by Crippen LogP contribution is 2.35. The van der Waals surface area contributed by atoms with Crippen LogP contribution in [0.15, 0.2) is 0 Å². The Morgan fingerprint density at radius 1 is 0.905 bits per heavy atom. The normalized spacial score (nSPS) is 12.9. The second-order valence-corrected chi connectivity index (χ2v) is 8.10. The molecule has 0 saturated heterocycles. The number of rotatable bonds is 8. The van der Waals surface area contributed by atoms with Gasteiger partial charge in [-0.2, -0.15) is 0 Å². The molecule has 0 amide bonds. The summed E-state index contributed by atoms with van der Waals surface area (Å²) in [5.74, 6) is 1.19. The Kier molecular flexibility index (Phi) is 6.49. The van der Waals surface area contributed by atoms with Crippen LogP contribution in [0.5, 0.6) is 0 Å². The fraction of sp³-hybridized carbons (Fsp3) is 0.842. The molecule has 0 aliphatic rings. The first kappa shape index (κ1) is 18.3. The summed E-state index contributed by atoms with van der Waals surface area (Å²) >= 11 is 0. The van der Waals surface area contributed by atoms with Gasteiger partial charge in [-0.3, -0.25) is 0 Å². The summed E-state index contributed by atoms with van der Waals surface area (Å²) in [6.07, 6.45) is 8.64. The SMILES string of the molecule is CCCCCc1nc(C(C)(C)C)c(C(C)(C)CCCC)[nH]1. The fourth-order valence-electron chi connectivity index (χ4n) is 2.86. The molecule has 1 aromatic rings. The van der Waals surface area contributed by atoms with Crippen LogP contribution in [0.2, 0.25) is 0 Å². The molecule has 0 saturated carbocycles. The van der Waals surface area contributed by atoms with Gasteiger partial charge in [-0.15, -0.1) is 0 Å². The van der Waals surface area contributed by atoms with Crippen molar-refractivity contribution in [2.45, 2.75) is 104 Å². The Balaban J connectivity index is 3.04. The zero-order valence-corrected chi connectivity index (χ0v) is 15.4. The molecule has 0 aromatic carbocycles. The summed E-state index contributed by atoms with van der Waals surface area (Å²) < 4.78 is 0. The molecule has 1 rings (SSSR count). The van der Waals surface area contributed by atoms with Gasteiger partial charge in [-0.1, -0.05) is 74.1 Å². The van der Waals surface area contributed by atoms with Gasteiger partial charge in [-0.05, 0) is 12.8 Å². The molecule has 1 N–H and O–H groups in total. The number of nitrogens with one attached hydrogen (secondary N) is 1. The molecule has 0 aliphatic heterocycles. The lowest BCUT2D eigenvalue weighted by atomic mass is 9.78. The third-order valence-corrected chi connectivity index (χ3v) is 4.31. The maximum absolute atomic E-state index is 4.97. The maximum Gasteiger partial charge on any atom is 0.106 e. The van der Waals surface area contributed by atoms with Crippen LogP contribution in [-0.4, -0.2) is 9.97 Å². The van der Waals surface area contributed by atoms with Crippen LogP contribution in [0.3, 0.4) is 0 Å². The maximum atomic E-state index is 4.97. The monoisotopic (exact) mass is 292 g/mol. The van der Waals surface area contributed by atoms with E-state index >= 15 is 0 Å². The zero-order chi connectivity index (χ0) is 16.1. The van der Waals surface area contributed by atoms with E-state index in [1.807, 2.05) is 0 Å². The topological polar surface area (TPSA) is 28.7 Å². The second kappa shape index (κ2) is 7.47. The number of hydrogen-bond acceptors (Lipinski definition) is 1. The fourth-order valence-corrected chi connectivity index (χ4v) is 2.86. The number of imidazole rings is 1. The predicted octanol–water partition coefficient (Wildman–Crippen LogP) is 5.91. The van der Waals surface area contributed by atoms with Crippen molar-refractivity contribution in [3.8, 4) is 0 Å². The van der Waals surface area contributed by atoms with Crippen molar-refractivity contribution < 1.29 is 0 Å². The van der Waals surface area contributed by atoms with Gasteiger partial charge in [0.15, 0.2) is 0 Å². The first-order valence-electron chi connectivity index (χ1n) is 8.82. The van der Waals surface area contributed by atoms with E-state index < -0.39 is 0 Å². The highest BCUT2D eigenvalue weighted by Gasteiger charge is 2.31. The number of hydrogen-bond donors (Lipinski definition) is 1. The number of aromatic nitrogens is 2. The van der Waals surface area contributed by atoms with Gasteiger partial charge in [0, 0.05) is 22.9 Å². The Morgan fingerprint density at radius 2 is 1.52 bits per heavy atom. The first-order valence-corrected chi connectivity index (χ1v) is 8.82. The summed E-state index contributed by atoms with van der Waals surface area (Å²) in [6, 6.07) is 0. The standard InChI is InChI=1S/C19H36N2/c1-8-10-12-13-15-20-16(18(3,4)5)17(21-15)19(6,7)14-11-9-2/h8-14H2,1-7H3,(H,20,21). The molecule has 0 atom stereocenters. The lowest BCUT2D eigenvalue weighted by Gasteiger charge is -2.28. The van der Waals surface area contributed by atoms with Crippen LogP contribution in [0.4, 0.5) is 0 Å². The van der Waals surface area contributed by atoms with Crippen LogP contribution in [-0.2, 0) is 17.3 Å². The van der Waals surface area contributed by atoms with E-state index in [1.54, 1.807) is 0 Å². The molecule has 0 fully saturated rings. The number of H-pyrrole nitrogens is 1. The van der Waals surface area contributed by atoms with E-state index in [1.165, 1.54) is 55.7 Å². The van der Waals surface area contributed by atoms with Crippen LogP contribution < -0.4 is 0 Å². The molecule has 0 radical (unpaired) electrons. The smallest absolute Gasteiger partial charge is 0.106 e. The molecule has 1 aromatic heterocycles. The Morgan fingerprint density at radius 3 is 2.05 bits per heavy atom. The van der Waals surface area contributed by atoms with E-state index in [2.05, 4.69) is 53.5 Å².